The summed E-state index contributed by atoms with van der Waals surface area (Å²) in [6.45, 7) is 6.26. The van der Waals surface area contributed by atoms with Crippen molar-refractivity contribution >= 4 is 16.9 Å². The third-order valence-corrected chi connectivity index (χ3v) is 2.89. The molecule has 0 bridgehead atoms. The molecule has 3 aromatic rings. The summed E-state index contributed by atoms with van der Waals surface area (Å²) in [4.78, 5) is 8.30. The highest BCUT2D eigenvalue weighted by Crippen LogP contribution is 2.32. The molecule has 0 aliphatic rings. The maximum atomic E-state index is 5.96. The topological polar surface area (TPSA) is 98.3 Å². The van der Waals surface area contributed by atoms with Crippen LogP contribution < -0.4 is 5.73 Å². The normalized spacial score (nSPS) is 12.2. The number of nitrogens with two attached hydrogens (primary N) is 1. The Labute approximate surface area is 109 Å². The zero-order valence-electron chi connectivity index (χ0n) is 11.0. The highest BCUT2D eigenvalue weighted by molar-refractivity contribution is 5.90. The number of aromatic amines is 1. The number of fused-ring (bicyclic) bond motifs is 1. The molecule has 0 aliphatic carbocycles. The SMILES string of the molecule is CC(C)(C)c1nn(-c2cnccn2)c2n[nH]c(N)c12. The second kappa shape index (κ2) is 3.78. The zero-order valence-corrected chi connectivity index (χ0v) is 11.0. The summed E-state index contributed by atoms with van der Waals surface area (Å²) in [6.07, 6.45) is 4.88. The monoisotopic (exact) mass is 257 g/mol. The molecule has 0 atom stereocenters. The lowest BCUT2D eigenvalue weighted by Crippen LogP contribution is -2.14. The van der Waals surface area contributed by atoms with Crippen LogP contribution in [0.5, 0.6) is 0 Å². The number of aromatic nitrogens is 6. The van der Waals surface area contributed by atoms with Gasteiger partial charge in [0, 0.05) is 17.8 Å². The number of hydrogen-bond acceptors (Lipinski definition) is 5. The van der Waals surface area contributed by atoms with Crippen molar-refractivity contribution < 1.29 is 0 Å². The van der Waals surface area contributed by atoms with Crippen molar-refractivity contribution in [2.24, 2.45) is 0 Å². The molecule has 0 unspecified atom stereocenters. The quantitative estimate of drug-likeness (QED) is 0.687. The Morgan fingerprint density at radius 2 is 2.05 bits per heavy atom. The van der Waals surface area contributed by atoms with E-state index >= 15 is 0 Å². The van der Waals surface area contributed by atoms with E-state index in [4.69, 9.17) is 5.73 Å². The van der Waals surface area contributed by atoms with Crippen LogP contribution in [-0.4, -0.2) is 29.9 Å². The zero-order chi connectivity index (χ0) is 13.6. The van der Waals surface area contributed by atoms with Gasteiger partial charge in [-0.25, -0.2) is 4.98 Å². The standard InChI is InChI=1S/C12H15N7/c1-12(2,3)9-8-10(13)16-17-11(8)19(18-9)7-6-14-4-5-15-7/h4-6H,1-3H3,(H3,13,16,17). The van der Waals surface area contributed by atoms with Gasteiger partial charge in [-0.1, -0.05) is 20.8 Å². The highest BCUT2D eigenvalue weighted by Gasteiger charge is 2.26. The molecule has 3 rings (SSSR count). The minimum atomic E-state index is -0.135. The van der Waals surface area contributed by atoms with E-state index in [0.29, 0.717) is 17.3 Å². The van der Waals surface area contributed by atoms with Crippen molar-refractivity contribution in [2.75, 3.05) is 5.73 Å². The summed E-state index contributed by atoms with van der Waals surface area (Å²) in [5, 5.41) is 12.5. The van der Waals surface area contributed by atoms with Gasteiger partial charge < -0.3 is 5.73 Å². The van der Waals surface area contributed by atoms with Crippen LogP contribution in [-0.2, 0) is 5.41 Å². The number of nitrogens with one attached hydrogen (secondary N) is 1. The van der Waals surface area contributed by atoms with Crippen LogP contribution in [0.3, 0.4) is 0 Å². The average molecular weight is 257 g/mol. The van der Waals surface area contributed by atoms with Crippen LogP contribution >= 0.6 is 0 Å². The van der Waals surface area contributed by atoms with E-state index in [-0.39, 0.29) is 5.41 Å². The first-order chi connectivity index (χ1) is 8.98. The third-order valence-electron chi connectivity index (χ3n) is 2.89. The number of nitrogen functional groups attached to an aromatic ring is 1. The van der Waals surface area contributed by atoms with E-state index in [1.54, 1.807) is 23.3 Å². The second-order valence-electron chi connectivity index (χ2n) is 5.41. The van der Waals surface area contributed by atoms with E-state index in [1.165, 1.54) is 0 Å². The molecular weight excluding hydrogens is 242 g/mol. The smallest absolute Gasteiger partial charge is 0.188 e. The third kappa shape index (κ3) is 1.74. The van der Waals surface area contributed by atoms with Gasteiger partial charge in [-0.3, -0.25) is 10.1 Å². The van der Waals surface area contributed by atoms with Crippen LogP contribution in [0.4, 0.5) is 5.82 Å². The molecule has 3 heterocycles. The molecular formula is C12H15N7. The van der Waals surface area contributed by atoms with Crippen molar-refractivity contribution in [3.63, 3.8) is 0 Å². The molecule has 0 radical (unpaired) electrons. The Hall–Kier alpha value is -2.44. The summed E-state index contributed by atoms with van der Waals surface area (Å²) in [7, 11) is 0. The van der Waals surface area contributed by atoms with Gasteiger partial charge in [-0.2, -0.15) is 14.9 Å². The fourth-order valence-electron chi connectivity index (χ4n) is 2.01. The lowest BCUT2D eigenvalue weighted by Gasteiger charge is -2.15. The van der Waals surface area contributed by atoms with Crippen molar-refractivity contribution in [3.8, 4) is 5.82 Å². The molecule has 3 N–H and O–H groups in total. The first-order valence-electron chi connectivity index (χ1n) is 5.98. The predicted molar refractivity (Wildman–Crippen MR) is 71.9 cm³/mol. The van der Waals surface area contributed by atoms with Gasteiger partial charge in [-0.05, 0) is 0 Å². The number of nitrogens with zero attached hydrogens (tertiary/aromatic N) is 5. The van der Waals surface area contributed by atoms with E-state index < -0.39 is 0 Å². The largest absolute Gasteiger partial charge is 0.383 e. The Balaban J connectivity index is 2.34. The van der Waals surface area contributed by atoms with E-state index in [2.05, 4.69) is 46.0 Å². The fraction of sp³-hybridized carbons (Fsp3) is 0.333. The number of hydrogen-bond donors (Lipinski definition) is 2. The Morgan fingerprint density at radius 3 is 2.68 bits per heavy atom. The molecule has 0 saturated heterocycles. The second-order valence-corrected chi connectivity index (χ2v) is 5.41. The Kier molecular flexibility index (Phi) is 2.31. The highest BCUT2D eigenvalue weighted by atomic mass is 15.4. The molecule has 0 spiro atoms. The van der Waals surface area contributed by atoms with Crippen LogP contribution in [0.2, 0.25) is 0 Å². The number of rotatable bonds is 1. The maximum Gasteiger partial charge on any atom is 0.188 e. The van der Waals surface area contributed by atoms with Crippen LogP contribution in [0, 0.1) is 0 Å². The van der Waals surface area contributed by atoms with Gasteiger partial charge in [-0.15, -0.1) is 0 Å². The van der Waals surface area contributed by atoms with Crippen LogP contribution in [0.25, 0.3) is 16.9 Å². The maximum absolute atomic E-state index is 5.96. The van der Waals surface area contributed by atoms with Gasteiger partial charge in [0.2, 0.25) is 0 Å². The summed E-state index contributed by atoms with van der Waals surface area (Å²) in [5.41, 5.74) is 7.38. The molecule has 3 aromatic heterocycles. The molecule has 0 amide bonds. The van der Waals surface area contributed by atoms with Gasteiger partial charge in [0.05, 0.1) is 17.3 Å². The van der Waals surface area contributed by atoms with Gasteiger partial charge in [0.25, 0.3) is 0 Å². The summed E-state index contributed by atoms with van der Waals surface area (Å²) in [5.74, 6) is 1.14. The van der Waals surface area contributed by atoms with E-state index in [9.17, 15) is 0 Å². The lowest BCUT2D eigenvalue weighted by molar-refractivity contribution is 0.563. The van der Waals surface area contributed by atoms with E-state index in [1.807, 2.05) is 0 Å². The minimum absolute atomic E-state index is 0.135. The molecule has 0 saturated carbocycles. The van der Waals surface area contributed by atoms with Crippen molar-refractivity contribution in [1.82, 2.24) is 29.9 Å². The number of anilines is 1. The molecule has 7 heteroatoms. The Morgan fingerprint density at radius 1 is 1.26 bits per heavy atom. The molecule has 98 valence electrons. The first-order valence-corrected chi connectivity index (χ1v) is 5.98. The molecule has 0 aliphatic heterocycles. The fourth-order valence-corrected chi connectivity index (χ4v) is 2.01. The predicted octanol–water partition coefficient (Wildman–Crippen LogP) is 1.42. The number of H-pyrrole nitrogens is 1. The van der Waals surface area contributed by atoms with Crippen molar-refractivity contribution in [2.45, 2.75) is 26.2 Å². The lowest BCUT2D eigenvalue weighted by atomic mass is 9.91. The summed E-state index contributed by atoms with van der Waals surface area (Å²) < 4.78 is 1.66. The van der Waals surface area contributed by atoms with Gasteiger partial charge in [0.1, 0.15) is 5.82 Å². The van der Waals surface area contributed by atoms with Crippen LogP contribution in [0.15, 0.2) is 18.6 Å². The average Bonchev–Trinajstić information content (AvgIpc) is 2.91. The summed E-state index contributed by atoms with van der Waals surface area (Å²) in [6, 6.07) is 0. The molecule has 7 nitrogen and oxygen atoms in total. The first kappa shape index (κ1) is 11.6. The molecule has 0 aromatic carbocycles. The van der Waals surface area contributed by atoms with E-state index in [0.717, 1.165) is 11.1 Å². The molecule has 0 fully saturated rings. The van der Waals surface area contributed by atoms with Gasteiger partial charge >= 0.3 is 0 Å². The van der Waals surface area contributed by atoms with Gasteiger partial charge in [0.15, 0.2) is 11.5 Å². The Bertz CT molecular complexity index is 718. The summed E-state index contributed by atoms with van der Waals surface area (Å²) >= 11 is 0. The molecule has 19 heavy (non-hydrogen) atoms. The van der Waals surface area contributed by atoms with Crippen molar-refractivity contribution in [1.29, 1.82) is 0 Å². The van der Waals surface area contributed by atoms with Crippen LogP contribution in [0.1, 0.15) is 26.5 Å². The van der Waals surface area contributed by atoms with Crippen molar-refractivity contribution in [3.05, 3.63) is 24.3 Å². The minimum Gasteiger partial charge on any atom is -0.383 e.